The lowest BCUT2D eigenvalue weighted by Crippen LogP contribution is -2.35. The quantitative estimate of drug-likeness (QED) is 0.778. The number of nitrogens with zero attached hydrogens (tertiary/aromatic N) is 2. The van der Waals surface area contributed by atoms with Gasteiger partial charge in [-0.2, -0.15) is 13.2 Å². The molecule has 0 spiro atoms. The summed E-state index contributed by atoms with van der Waals surface area (Å²) in [5, 5.41) is 2.34. The first-order chi connectivity index (χ1) is 12.3. The minimum absolute atomic E-state index is 0.262. The van der Waals surface area contributed by atoms with Crippen LogP contribution in [-0.4, -0.2) is 35.1 Å². The smallest absolute Gasteiger partial charge is 0.418 e. The monoisotopic (exact) mass is 429 g/mol. The second kappa shape index (κ2) is 7.53. The summed E-state index contributed by atoms with van der Waals surface area (Å²) in [6, 6.07) is 7.84. The van der Waals surface area contributed by atoms with Gasteiger partial charge in [0.2, 0.25) is 5.88 Å². The predicted octanol–water partition coefficient (Wildman–Crippen LogP) is 4.55. The molecule has 2 aromatic rings. The van der Waals surface area contributed by atoms with E-state index < -0.39 is 17.8 Å². The van der Waals surface area contributed by atoms with Crippen molar-refractivity contribution in [3.8, 4) is 5.88 Å². The lowest BCUT2D eigenvalue weighted by molar-refractivity contribution is -0.136. The molecule has 1 aliphatic heterocycles. The van der Waals surface area contributed by atoms with Crippen LogP contribution in [-0.2, 0) is 6.18 Å². The number of alkyl halides is 3. The van der Waals surface area contributed by atoms with Crippen LogP contribution < -0.4 is 10.1 Å². The molecule has 1 saturated heterocycles. The molecule has 3 rings (SSSR count). The number of rotatable bonds is 3. The number of pyridine rings is 1. The van der Waals surface area contributed by atoms with Gasteiger partial charge in [-0.15, -0.1) is 0 Å². The van der Waals surface area contributed by atoms with Crippen LogP contribution in [0.25, 0.3) is 0 Å². The molecular weight excluding hydrogens is 415 g/mol. The number of nitrogens with one attached hydrogen (secondary N) is 1. The molecule has 1 aromatic heterocycles. The summed E-state index contributed by atoms with van der Waals surface area (Å²) in [7, 11) is 0. The fraction of sp³-hybridized carbons (Fsp3) is 0.294. The number of likely N-dealkylation sites (tertiary alicyclic amines) is 1. The number of hydrogen-bond donors (Lipinski definition) is 1. The Morgan fingerprint density at radius 1 is 1.27 bits per heavy atom. The molecule has 0 radical (unpaired) electrons. The van der Waals surface area contributed by atoms with Crippen LogP contribution in [0, 0.1) is 0 Å². The van der Waals surface area contributed by atoms with Crippen LogP contribution in [0.4, 0.5) is 23.7 Å². The highest BCUT2D eigenvalue weighted by molar-refractivity contribution is 9.10. The Labute approximate surface area is 156 Å². The summed E-state index contributed by atoms with van der Waals surface area (Å²) >= 11 is 3.33. The minimum atomic E-state index is -4.54. The Morgan fingerprint density at radius 3 is 2.77 bits per heavy atom. The van der Waals surface area contributed by atoms with Crippen LogP contribution in [0.5, 0.6) is 5.88 Å². The highest BCUT2D eigenvalue weighted by atomic mass is 79.9. The molecule has 2 amide bonds. The highest BCUT2D eigenvalue weighted by Crippen LogP contribution is 2.34. The van der Waals surface area contributed by atoms with Gasteiger partial charge in [-0.25, -0.2) is 9.78 Å². The van der Waals surface area contributed by atoms with Crippen molar-refractivity contribution in [2.75, 3.05) is 18.4 Å². The number of halogens is 4. The lowest BCUT2D eigenvalue weighted by Gasteiger charge is -2.19. The number of benzene rings is 1. The van der Waals surface area contributed by atoms with E-state index in [-0.39, 0.29) is 18.3 Å². The number of amides is 2. The van der Waals surface area contributed by atoms with Crippen molar-refractivity contribution >= 4 is 27.6 Å². The summed E-state index contributed by atoms with van der Waals surface area (Å²) in [5.41, 5.74) is -1.14. The molecular formula is C17H15BrF3N3O2. The van der Waals surface area contributed by atoms with Crippen molar-refractivity contribution in [3.63, 3.8) is 0 Å². The van der Waals surface area contributed by atoms with Gasteiger partial charge >= 0.3 is 12.2 Å². The van der Waals surface area contributed by atoms with Gasteiger partial charge in [0.1, 0.15) is 6.10 Å². The zero-order valence-corrected chi connectivity index (χ0v) is 15.0. The molecule has 1 aromatic carbocycles. The van der Waals surface area contributed by atoms with Gasteiger partial charge in [-0.3, -0.25) is 0 Å². The van der Waals surface area contributed by atoms with Crippen LogP contribution in [0.2, 0.25) is 0 Å². The second-order valence-corrected chi connectivity index (χ2v) is 6.59. The van der Waals surface area contributed by atoms with Crippen molar-refractivity contribution in [1.29, 1.82) is 0 Å². The van der Waals surface area contributed by atoms with E-state index in [1.54, 1.807) is 18.3 Å². The molecule has 9 heteroatoms. The third-order valence-corrected chi connectivity index (χ3v) is 4.51. The maximum Gasteiger partial charge on any atom is 0.418 e. The Morgan fingerprint density at radius 2 is 2.04 bits per heavy atom. The Balaban J connectivity index is 1.63. The molecule has 1 aliphatic rings. The van der Waals surface area contributed by atoms with E-state index in [0.29, 0.717) is 23.3 Å². The maximum absolute atomic E-state index is 13.0. The molecule has 0 bridgehead atoms. The predicted molar refractivity (Wildman–Crippen MR) is 93.0 cm³/mol. The van der Waals surface area contributed by atoms with Gasteiger partial charge in [0, 0.05) is 19.2 Å². The molecule has 1 N–H and O–H groups in total. The number of hydrogen-bond acceptors (Lipinski definition) is 3. The summed E-state index contributed by atoms with van der Waals surface area (Å²) in [6.45, 7) is 0.651. The summed E-state index contributed by atoms with van der Waals surface area (Å²) in [6.07, 6.45) is -2.65. The zero-order valence-electron chi connectivity index (χ0n) is 13.5. The van der Waals surface area contributed by atoms with Crippen LogP contribution in [0.1, 0.15) is 12.0 Å². The first-order valence-corrected chi connectivity index (χ1v) is 8.63. The molecule has 138 valence electrons. The van der Waals surface area contributed by atoms with Crippen LogP contribution in [0.15, 0.2) is 47.1 Å². The van der Waals surface area contributed by atoms with Gasteiger partial charge in [-0.05, 0) is 40.2 Å². The summed E-state index contributed by atoms with van der Waals surface area (Å²) in [4.78, 5) is 17.9. The van der Waals surface area contributed by atoms with E-state index in [1.165, 1.54) is 23.1 Å². The zero-order chi connectivity index (χ0) is 18.7. The van der Waals surface area contributed by atoms with E-state index in [4.69, 9.17) is 4.74 Å². The van der Waals surface area contributed by atoms with Gasteiger partial charge in [0.15, 0.2) is 0 Å². The normalized spacial score (nSPS) is 17.2. The number of anilines is 1. The topological polar surface area (TPSA) is 54.5 Å². The average Bonchev–Trinajstić information content (AvgIpc) is 3.05. The highest BCUT2D eigenvalue weighted by Gasteiger charge is 2.35. The van der Waals surface area contributed by atoms with Gasteiger partial charge in [-0.1, -0.05) is 12.1 Å². The van der Waals surface area contributed by atoms with Gasteiger partial charge < -0.3 is 15.0 Å². The van der Waals surface area contributed by atoms with Crippen molar-refractivity contribution in [3.05, 3.63) is 52.6 Å². The van der Waals surface area contributed by atoms with E-state index >= 15 is 0 Å². The van der Waals surface area contributed by atoms with Crippen molar-refractivity contribution in [2.45, 2.75) is 18.7 Å². The summed E-state index contributed by atoms with van der Waals surface area (Å²) < 4.78 is 45.5. The number of aromatic nitrogens is 1. The molecule has 1 atom stereocenters. The molecule has 1 fully saturated rings. The van der Waals surface area contributed by atoms with Crippen molar-refractivity contribution < 1.29 is 22.7 Å². The second-order valence-electron chi connectivity index (χ2n) is 5.74. The van der Waals surface area contributed by atoms with E-state index in [2.05, 4.69) is 26.2 Å². The number of ether oxygens (including phenoxy) is 1. The number of carbonyl (C=O) groups is 1. The first-order valence-electron chi connectivity index (χ1n) is 7.84. The number of para-hydroxylation sites is 1. The van der Waals surface area contributed by atoms with Crippen LogP contribution >= 0.6 is 15.9 Å². The van der Waals surface area contributed by atoms with Gasteiger partial charge in [0.05, 0.1) is 22.3 Å². The van der Waals surface area contributed by atoms with Crippen LogP contribution in [0.3, 0.4) is 0 Å². The largest absolute Gasteiger partial charge is 0.472 e. The SMILES string of the molecule is O=C(Nc1ccccc1C(F)(F)F)N1CCC(Oc2ncccc2Br)C1. The Hall–Kier alpha value is -2.29. The third-order valence-electron chi connectivity index (χ3n) is 3.91. The van der Waals surface area contributed by atoms with E-state index in [1.807, 2.05) is 0 Å². The van der Waals surface area contributed by atoms with E-state index in [9.17, 15) is 18.0 Å². The standard InChI is InChI=1S/C17H15BrF3N3O2/c18-13-5-3-8-22-15(13)26-11-7-9-24(10-11)16(25)23-14-6-2-1-4-12(14)17(19,20)21/h1-6,8,11H,7,9-10H2,(H,23,25). The Kier molecular flexibility index (Phi) is 5.36. The van der Waals surface area contributed by atoms with Crippen molar-refractivity contribution in [2.24, 2.45) is 0 Å². The van der Waals surface area contributed by atoms with E-state index in [0.717, 1.165) is 6.07 Å². The summed E-state index contributed by atoms with van der Waals surface area (Å²) in [5.74, 6) is 0.419. The molecule has 0 saturated carbocycles. The molecule has 2 heterocycles. The Bertz CT molecular complexity index is 801. The minimum Gasteiger partial charge on any atom is -0.472 e. The molecule has 0 aliphatic carbocycles. The molecule has 5 nitrogen and oxygen atoms in total. The maximum atomic E-state index is 13.0. The molecule has 1 unspecified atom stereocenters. The van der Waals surface area contributed by atoms with Crippen molar-refractivity contribution in [1.82, 2.24) is 9.88 Å². The van der Waals surface area contributed by atoms with Gasteiger partial charge in [0.25, 0.3) is 0 Å². The first kappa shape index (κ1) is 18.5. The molecule has 26 heavy (non-hydrogen) atoms. The number of urea groups is 1. The third kappa shape index (κ3) is 4.27. The average molecular weight is 430 g/mol. The number of carbonyl (C=O) groups excluding carboxylic acids is 1. The fourth-order valence-electron chi connectivity index (χ4n) is 2.66. The fourth-order valence-corrected chi connectivity index (χ4v) is 3.01. The lowest BCUT2D eigenvalue weighted by atomic mass is 10.1.